The summed E-state index contributed by atoms with van der Waals surface area (Å²) in [4.78, 5) is 16.3. The van der Waals surface area contributed by atoms with Crippen LogP contribution >= 0.6 is 0 Å². The Kier molecular flexibility index (Phi) is 5.03. The highest BCUT2D eigenvalue weighted by Crippen LogP contribution is 2.15. The smallest absolute Gasteiger partial charge is 0.251 e. The van der Waals surface area contributed by atoms with Crippen molar-refractivity contribution in [2.75, 3.05) is 6.54 Å². The normalized spacial score (nSPS) is 11.9. The third-order valence-electron chi connectivity index (χ3n) is 3.80. The molecule has 122 valence electrons. The molecule has 1 unspecified atom stereocenters. The van der Waals surface area contributed by atoms with E-state index >= 15 is 0 Å². The van der Waals surface area contributed by atoms with E-state index in [0.717, 1.165) is 11.3 Å². The number of aliphatic hydroxyl groups is 1. The molecule has 1 heterocycles. The third kappa shape index (κ3) is 3.88. The summed E-state index contributed by atoms with van der Waals surface area (Å²) in [7, 11) is 0. The zero-order valence-electron chi connectivity index (χ0n) is 13.2. The van der Waals surface area contributed by atoms with Crippen LogP contribution in [0.25, 0.3) is 5.69 Å². The number of hydrogen-bond donors (Lipinski definition) is 2. The maximum Gasteiger partial charge on any atom is 0.251 e. The Labute approximate surface area is 140 Å². The Hall–Kier alpha value is -2.92. The van der Waals surface area contributed by atoms with Crippen LogP contribution in [0.5, 0.6) is 0 Å². The van der Waals surface area contributed by atoms with Crippen molar-refractivity contribution in [1.82, 2.24) is 14.9 Å². The van der Waals surface area contributed by atoms with Crippen molar-refractivity contribution in [3.8, 4) is 5.69 Å². The van der Waals surface area contributed by atoms with E-state index in [4.69, 9.17) is 0 Å². The minimum Gasteiger partial charge on any atom is -0.388 e. The zero-order chi connectivity index (χ0) is 16.8. The molecule has 0 radical (unpaired) electrons. The molecule has 0 bridgehead atoms. The molecule has 0 spiro atoms. The van der Waals surface area contributed by atoms with Crippen LogP contribution in [0.15, 0.2) is 73.3 Å². The highest BCUT2D eigenvalue weighted by molar-refractivity contribution is 5.94. The fraction of sp³-hybridized carbons (Fsp3) is 0.158. The lowest BCUT2D eigenvalue weighted by Crippen LogP contribution is -2.25. The SMILES string of the molecule is O=C(NCCC(O)c1ccccc1)c1cccc(-n2ccnc2)c1. The van der Waals surface area contributed by atoms with Crippen LogP contribution in [0.1, 0.15) is 28.4 Å². The second-order valence-electron chi connectivity index (χ2n) is 5.49. The largest absolute Gasteiger partial charge is 0.388 e. The first kappa shape index (κ1) is 16.0. The second-order valence-corrected chi connectivity index (χ2v) is 5.49. The van der Waals surface area contributed by atoms with Gasteiger partial charge < -0.3 is 15.0 Å². The van der Waals surface area contributed by atoms with Gasteiger partial charge in [0.05, 0.1) is 12.4 Å². The topological polar surface area (TPSA) is 67.2 Å². The fourth-order valence-corrected chi connectivity index (χ4v) is 2.49. The number of nitrogens with zero attached hydrogens (tertiary/aromatic N) is 2. The molecule has 0 saturated carbocycles. The Bertz CT molecular complexity index is 785. The molecule has 0 fully saturated rings. The minimum absolute atomic E-state index is 0.155. The summed E-state index contributed by atoms with van der Waals surface area (Å²) in [5.41, 5.74) is 2.31. The molecular weight excluding hydrogens is 302 g/mol. The molecule has 2 N–H and O–H groups in total. The second kappa shape index (κ2) is 7.57. The Morgan fingerprint density at radius 2 is 2.00 bits per heavy atom. The van der Waals surface area contributed by atoms with E-state index < -0.39 is 6.10 Å². The average molecular weight is 321 g/mol. The summed E-state index contributed by atoms with van der Waals surface area (Å²) in [6.07, 6.45) is 5.10. The van der Waals surface area contributed by atoms with Crippen molar-refractivity contribution in [3.63, 3.8) is 0 Å². The van der Waals surface area contributed by atoms with Crippen molar-refractivity contribution in [2.24, 2.45) is 0 Å². The quantitative estimate of drug-likeness (QED) is 0.733. The van der Waals surface area contributed by atoms with Crippen molar-refractivity contribution in [2.45, 2.75) is 12.5 Å². The highest BCUT2D eigenvalue weighted by Gasteiger charge is 2.10. The van der Waals surface area contributed by atoms with E-state index in [1.54, 1.807) is 18.6 Å². The van der Waals surface area contributed by atoms with Crippen LogP contribution in [0, 0.1) is 0 Å². The van der Waals surface area contributed by atoms with Gasteiger partial charge in [-0.25, -0.2) is 4.98 Å². The van der Waals surface area contributed by atoms with Gasteiger partial charge in [0.1, 0.15) is 0 Å². The lowest BCUT2D eigenvalue weighted by molar-refractivity contribution is 0.0942. The molecule has 0 aliphatic carbocycles. The van der Waals surface area contributed by atoms with Gasteiger partial charge in [-0.3, -0.25) is 4.79 Å². The summed E-state index contributed by atoms with van der Waals surface area (Å²) in [5, 5.41) is 13.0. The number of hydrogen-bond acceptors (Lipinski definition) is 3. The molecule has 1 atom stereocenters. The Morgan fingerprint density at radius 1 is 1.17 bits per heavy atom. The Balaban J connectivity index is 1.57. The van der Waals surface area contributed by atoms with Gasteiger partial charge in [-0.2, -0.15) is 0 Å². The predicted molar refractivity (Wildman–Crippen MR) is 91.9 cm³/mol. The summed E-state index contributed by atoms with van der Waals surface area (Å²) < 4.78 is 1.84. The van der Waals surface area contributed by atoms with Gasteiger partial charge in [-0.1, -0.05) is 36.4 Å². The maximum atomic E-state index is 12.3. The zero-order valence-corrected chi connectivity index (χ0v) is 13.2. The molecule has 5 nitrogen and oxygen atoms in total. The van der Waals surface area contributed by atoms with E-state index in [9.17, 15) is 9.90 Å². The lowest BCUT2D eigenvalue weighted by Gasteiger charge is -2.12. The third-order valence-corrected chi connectivity index (χ3v) is 3.80. The number of benzene rings is 2. The first-order chi connectivity index (χ1) is 11.7. The summed E-state index contributed by atoms with van der Waals surface area (Å²) in [6.45, 7) is 0.407. The highest BCUT2D eigenvalue weighted by atomic mass is 16.3. The first-order valence-electron chi connectivity index (χ1n) is 7.83. The molecular formula is C19H19N3O2. The van der Waals surface area contributed by atoms with E-state index in [1.807, 2.05) is 59.3 Å². The molecule has 3 rings (SSSR count). The number of carbonyl (C=O) groups is 1. The maximum absolute atomic E-state index is 12.3. The van der Waals surface area contributed by atoms with Gasteiger partial charge in [0.2, 0.25) is 0 Å². The van der Waals surface area contributed by atoms with Crippen LogP contribution in [0.3, 0.4) is 0 Å². The van der Waals surface area contributed by atoms with Gasteiger partial charge in [0.15, 0.2) is 0 Å². The summed E-state index contributed by atoms with van der Waals surface area (Å²) in [5.74, 6) is -0.155. The van der Waals surface area contributed by atoms with E-state index in [-0.39, 0.29) is 5.91 Å². The van der Waals surface area contributed by atoms with Crippen LogP contribution in [0.2, 0.25) is 0 Å². The first-order valence-corrected chi connectivity index (χ1v) is 7.83. The molecule has 0 aliphatic rings. The monoisotopic (exact) mass is 321 g/mol. The molecule has 24 heavy (non-hydrogen) atoms. The van der Waals surface area contributed by atoms with Crippen molar-refractivity contribution >= 4 is 5.91 Å². The average Bonchev–Trinajstić information content (AvgIpc) is 3.17. The van der Waals surface area contributed by atoms with Gasteiger partial charge >= 0.3 is 0 Å². The van der Waals surface area contributed by atoms with E-state index in [0.29, 0.717) is 18.5 Å². The molecule has 3 aromatic rings. The van der Waals surface area contributed by atoms with Crippen LogP contribution < -0.4 is 5.32 Å². The lowest BCUT2D eigenvalue weighted by atomic mass is 10.1. The van der Waals surface area contributed by atoms with Gasteiger partial charge in [0.25, 0.3) is 5.91 Å². The fourth-order valence-electron chi connectivity index (χ4n) is 2.49. The van der Waals surface area contributed by atoms with Crippen LogP contribution in [-0.2, 0) is 0 Å². The number of imidazole rings is 1. The molecule has 0 aliphatic heterocycles. The van der Waals surface area contributed by atoms with Crippen molar-refractivity contribution in [1.29, 1.82) is 0 Å². The predicted octanol–water partition coefficient (Wildman–Crippen LogP) is 2.73. The summed E-state index contributed by atoms with van der Waals surface area (Å²) >= 11 is 0. The number of amides is 1. The van der Waals surface area contributed by atoms with Crippen LogP contribution in [0.4, 0.5) is 0 Å². The van der Waals surface area contributed by atoms with Gasteiger partial charge in [0, 0.05) is 30.2 Å². The minimum atomic E-state index is -0.580. The van der Waals surface area contributed by atoms with E-state index in [1.165, 1.54) is 0 Å². The number of nitrogens with one attached hydrogen (secondary N) is 1. The molecule has 0 saturated heterocycles. The van der Waals surface area contributed by atoms with Crippen molar-refractivity contribution < 1.29 is 9.90 Å². The number of aromatic nitrogens is 2. The van der Waals surface area contributed by atoms with Gasteiger partial charge in [-0.05, 0) is 30.2 Å². The molecule has 5 heteroatoms. The number of aliphatic hydroxyl groups excluding tert-OH is 1. The van der Waals surface area contributed by atoms with Crippen molar-refractivity contribution in [3.05, 3.63) is 84.4 Å². The van der Waals surface area contributed by atoms with Crippen LogP contribution in [-0.4, -0.2) is 27.1 Å². The standard InChI is InChI=1S/C19H19N3O2/c23-18(15-5-2-1-3-6-15)9-10-21-19(24)16-7-4-8-17(13-16)22-12-11-20-14-22/h1-8,11-14,18,23H,9-10H2,(H,21,24). The number of carbonyl (C=O) groups excluding carboxylic acids is 1. The molecule has 1 aromatic heterocycles. The molecule has 2 aromatic carbocycles. The van der Waals surface area contributed by atoms with Gasteiger partial charge in [-0.15, -0.1) is 0 Å². The summed E-state index contributed by atoms with van der Waals surface area (Å²) in [6, 6.07) is 16.8. The van der Waals surface area contributed by atoms with E-state index in [2.05, 4.69) is 10.3 Å². The number of rotatable bonds is 6. The Morgan fingerprint density at radius 3 is 2.75 bits per heavy atom. The molecule has 1 amide bonds.